The Bertz CT molecular complexity index is 893. The third-order valence-electron chi connectivity index (χ3n) is 4.14. The number of nitriles is 1. The van der Waals surface area contributed by atoms with Crippen LogP contribution in [-0.4, -0.2) is 9.97 Å². The van der Waals surface area contributed by atoms with Crippen LogP contribution in [0.4, 0.5) is 0 Å². The molecule has 0 aliphatic heterocycles. The molecule has 0 N–H and O–H groups in total. The minimum Gasteiger partial charge on any atom is -0.438 e. The van der Waals surface area contributed by atoms with Gasteiger partial charge in [-0.15, -0.1) is 11.3 Å². The molecule has 2 aromatic heterocycles. The van der Waals surface area contributed by atoms with Crippen LogP contribution in [0.3, 0.4) is 0 Å². The van der Waals surface area contributed by atoms with Crippen molar-refractivity contribution in [1.29, 1.82) is 5.26 Å². The summed E-state index contributed by atoms with van der Waals surface area (Å²) in [5.41, 5.74) is 2.36. The number of rotatable bonds is 3. The number of hydrogen-bond acceptors (Lipinski definition) is 5. The smallest absolute Gasteiger partial charge is 0.231 e. The van der Waals surface area contributed by atoms with E-state index < -0.39 is 0 Å². The van der Waals surface area contributed by atoms with Gasteiger partial charge >= 0.3 is 0 Å². The van der Waals surface area contributed by atoms with Crippen LogP contribution in [0.1, 0.15) is 28.8 Å². The molecule has 1 aromatic carbocycles. The third kappa shape index (κ3) is 2.66. The van der Waals surface area contributed by atoms with Gasteiger partial charge in [0.1, 0.15) is 16.9 Å². The van der Waals surface area contributed by atoms with Crippen LogP contribution < -0.4 is 4.74 Å². The van der Waals surface area contributed by atoms with Gasteiger partial charge in [-0.3, -0.25) is 0 Å². The van der Waals surface area contributed by atoms with E-state index in [-0.39, 0.29) is 0 Å². The normalized spacial score (nSPS) is 13.5. The van der Waals surface area contributed by atoms with Gasteiger partial charge in [0.2, 0.25) is 5.88 Å². The summed E-state index contributed by atoms with van der Waals surface area (Å²) >= 11 is 1.77. The quantitative estimate of drug-likeness (QED) is 0.716. The number of aromatic nitrogens is 2. The Kier molecular flexibility index (Phi) is 3.68. The van der Waals surface area contributed by atoms with E-state index in [2.05, 4.69) is 16.0 Å². The van der Waals surface area contributed by atoms with E-state index in [4.69, 9.17) is 10.00 Å². The molecule has 0 radical (unpaired) electrons. The van der Waals surface area contributed by atoms with Crippen molar-refractivity contribution in [2.24, 2.45) is 0 Å². The maximum Gasteiger partial charge on any atom is 0.231 e. The zero-order valence-corrected chi connectivity index (χ0v) is 13.4. The highest BCUT2D eigenvalue weighted by Crippen LogP contribution is 2.40. The molecule has 0 fully saturated rings. The summed E-state index contributed by atoms with van der Waals surface area (Å²) in [7, 11) is 0. The van der Waals surface area contributed by atoms with Gasteiger partial charge in [-0.2, -0.15) is 5.26 Å². The first kappa shape index (κ1) is 14.2. The predicted octanol–water partition coefficient (Wildman–Crippen LogP) is 4.43. The van der Waals surface area contributed by atoms with Crippen LogP contribution in [0.5, 0.6) is 11.6 Å². The molecule has 2 heterocycles. The second-order valence-corrected chi connectivity index (χ2v) is 6.73. The fraction of sp³-hybridized carbons (Fsp3) is 0.278. The minimum absolute atomic E-state index is 0.413. The van der Waals surface area contributed by atoms with Gasteiger partial charge < -0.3 is 4.74 Å². The third-order valence-corrected chi connectivity index (χ3v) is 5.34. The molecular weight excluding hydrogens is 306 g/mol. The highest BCUT2D eigenvalue weighted by Gasteiger charge is 2.20. The molecule has 0 spiro atoms. The second-order valence-electron chi connectivity index (χ2n) is 5.65. The molecule has 4 rings (SSSR count). The average Bonchev–Trinajstić information content (AvgIpc) is 2.96. The molecule has 23 heavy (non-hydrogen) atoms. The second kappa shape index (κ2) is 5.98. The molecule has 0 saturated carbocycles. The summed E-state index contributed by atoms with van der Waals surface area (Å²) in [6.07, 6.45) is 6.68. The summed E-state index contributed by atoms with van der Waals surface area (Å²) in [6.45, 7) is 0. The van der Waals surface area contributed by atoms with Gasteiger partial charge in [0, 0.05) is 4.88 Å². The molecule has 114 valence electrons. The van der Waals surface area contributed by atoms with Crippen molar-refractivity contribution in [3.63, 3.8) is 0 Å². The lowest BCUT2D eigenvalue weighted by atomic mass is 9.97. The van der Waals surface area contributed by atoms with Gasteiger partial charge in [0.15, 0.2) is 0 Å². The van der Waals surface area contributed by atoms with Crippen molar-refractivity contribution in [3.05, 3.63) is 46.6 Å². The monoisotopic (exact) mass is 321 g/mol. The highest BCUT2D eigenvalue weighted by molar-refractivity contribution is 7.18. The molecule has 3 aromatic rings. The van der Waals surface area contributed by atoms with E-state index in [0.29, 0.717) is 12.3 Å². The number of ether oxygens (including phenoxy) is 1. The van der Waals surface area contributed by atoms with Gasteiger partial charge in [-0.25, -0.2) is 9.97 Å². The zero-order valence-electron chi connectivity index (χ0n) is 12.6. The lowest BCUT2D eigenvalue weighted by Gasteiger charge is -2.12. The van der Waals surface area contributed by atoms with Gasteiger partial charge in [-0.05, 0) is 48.9 Å². The molecule has 0 amide bonds. The molecular formula is C18H15N3OS. The van der Waals surface area contributed by atoms with E-state index in [0.717, 1.165) is 34.4 Å². The number of benzene rings is 1. The van der Waals surface area contributed by atoms with Crippen molar-refractivity contribution in [2.45, 2.75) is 32.1 Å². The molecule has 1 aliphatic rings. The van der Waals surface area contributed by atoms with Crippen molar-refractivity contribution in [1.82, 2.24) is 9.97 Å². The van der Waals surface area contributed by atoms with Crippen molar-refractivity contribution in [2.75, 3.05) is 0 Å². The molecule has 4 nitrogen and oxygen atoms in total. The highest BCUT2D eigenvalue weighted by atomic mass is 32.1. The maximum atomic E-state index is 8.73. The molecule has 0 atom stereocenters. The fourth-order valence-electron chi connectivity index (χ4n) is 3.02. The summed E-state index contributed by atoms with van der Waals surface area (Å²) < 4.78 is 6.02. The van der Waals surface area contributed by atoms with Crippen LogP contribution in [0.2, 0.25) is 0 Å². The van der Waals surface area contributed by atoms with Crippen LogP contribution in [0, 0.1) is 11.3 Å². The lowest BCUT2D eigenvalue weighted by molar-refractivity contribution is 0.467. The number of nitrogens with zero attached hydrogens (tertiary/aromatic N) is 3. The first-order valence-corrected chi connectivity index (χ1v) is 8.56. The number of aryl methyl sites for hydroxylation is 2. The summed E-state index contributed by atoms with van der Waals surface area (Å²) in [5.74, 6) is 1.38. The lowest BCUT2D eigenvalue weighted by Crippen LogP contribution is -1.99. The maximum absolute atomic E-state index is 8.73. The first-order valence-electron chi connectivity index (χ1n) is 7.74. The number of thiophene rings is 1. The van der Waals surface area contributed by atoms with Crippen molar-refractivity contribution >= 4 is 21.6 Å². The van der Waals surface area contributed by atoms with Gasteiger partial charge in [-0.1, -0.05) is 12.1 Å². The Morgan fingerprint density at radius 2 is 1.96 bits per heavy atom. The first-order chi connectivity index (χ1) is 11.3. The Morgan fingerprint density at radius 3 is 2.78 bits per heavy atom. The van der Waals surface area contributed by atoms with Crippen LogP contribution in [0.25, 0.3) is 10.2 Å². The van der Waals surface area contributed by atoms with Crippen molar-refractivity contribution < 1.29 is 4.74 Å². The molecule has 1 aliphatic carbocycles. The number of hydrogen-bond donors (Lipinski definition) is 0. The largest absolute Gasteiger partial charge is 0.438 e. The molecule has 0 unspecified atom stereocenters. The summed E-state index contributed by atoms with van der Waals surface area (Å²) in [5, 5.41) is 9.81. The Balaban J connectivity index is 1.71. The number of fused-ring (bicyclic) bond motifs is 3. The standard InChI is InChI=1S/C18H15N3OS/c19-10-9-12-5-7-13(8-6-12)22-17-16-14-3-1-2-4-15(14)23-18(16)21-11-20-17/h5-8,11H,1-4,9H2. The van der Waals surface area contributed by atoms with E-state index in [1.54, 1.807) is 17.7 Å². The van der Waals surface area contributed by atoms with Crippen LogP contribution in [-0.2, 0) is 19.3 Å². The van der Waals surface area contributed by atoms with E-state index in [1.807, 2.05) is 24.3 Å². The topological polar surface area (TPSA) is 58.8 Å². The van der Waals surface area contributed by atoms with Crippen LogP contribution in [0.15, 0.2) is 30.6 Å². The SMILES string of the molecule is N#CCc1ccc(Oc2ncnc3sc4c(c23)CCCC4)cc1. The average molecular weight is 321 g/mol. The van der Waals surface area contributed by atoms with E-state index >= 15 is 0 Å². The molecule has 5 heteroatoms. The molecule has 0 bridgehead atoms. The van der Waals surface area contributed by atoms with Gasteiger partial charge in [0.05, 0.1) is 17.9 Å². The fourth-order valence-corrected chi connectivity index (χ4v) is 4.24. The van der Waals surface area contributed by atoms with E-state index in [9.17, 15) is 0 Å². The Labute approximate surface area is 138 Å². The Morgan fingerprint density at radius 1 is 1.13 bits per heavy atom. The van der Waals surface area contributed by atoms with E-state index in [1.165, 1.54) is 23.3 Å². The summed E-state index contributed by atoms with van der Waals surface area (Å²) in [6, 6.07) is 9.76. The predicted molar refractivity (Wildman–Crippen MR) is 89.9 cm³/mol. The molecule has 0 saturated heterocycles. The minimum atomic E-state index is 0.413. The van der Waals surface area contributed by atoms with Gasteiger partial charge in [0.25, 0.3) is 0 Å². The summed E-state index contributed by atoms with van der Waals surface area (Å²) in [4.78, 5) is 11.2. The zero-order chi connectivity index (χ0) is 15.6. The van der Waals surface area contributed by atoms with Crippen molar-refractivity contribution in [3.8, 4) is 17.7 Å². The van der Waals surface area contributed by atoms with Crippen LogP contribution >= 0.6 is 11.3 Å². The Hall–Kier alpha value is -2.45.